The third kappa shape index (κ3) is 1.81. The molecule has 23 heavy (non-hydrogen) atoms. The number of nitrogens with zero attached hydrogens (tertiary/aromatic N) is 5. The first-order valence-corrected chi connectivity index (χ1v) is 8.33. The summed E-state index contributed by atoms with van der Waals surface area (Å²) in [5.41, 5.74) is 3.23. The first kappa shape index (κ1) is 13.2. The maximum Gasteiger partial charge on any atom is 0.143 e. The Morgan fingerprint density at radius 2 is 1.91 bits per heavy atom. The van der Waals surface area contributed by atoms with Crippen LogP contribution in [0.25, 0.3) is 16.4 Å². The van der Waals surface area contributed by atoms with E-state index in [9.17, 15) is 0 Å². The molecule has 2 bridgehead atoms. The second-order valence-electron chi connectivity index (χ2n) is 6.72. The van der Waals surface area contributed by atoms with Gasteiger partial charge < -0.3 is 10.2 Å². The molecule has 2 unspecified atom stereocenters. The summed E-state index contributed by atoms with van der Waals surface area (Å²) >= 11 is 0. The van der Waals surface area contributed by atoms with Crippen molar-refractivity contribution in [3.63, 3.8) is 0 Å². The maximum atomic E-state index is 4.87. The Kier molecular flexibility index (Phi) is 2.68. The lowest BCUT2D eigenvalue weighted by molar-refractivity contribution is 0.482. The van der Waals surface area contributed by atoms with Crippen LogP contribution in [0.4, 0.5) is 5.82 Å². The largest absolute Gasteiger partial charge is 0.347 e. The summed E-state index contributed by atoms with van der Waals surface area (Å²) < 4.78 is 1.99. The zero-order valence-corrected chi connectivity index (χ0v) is 13.5. The van der Waals surface area contributed by atoms with Crippen LogP contribution < -0.4 is 10.2 Å². The Labute approximate surface area is 134 Å². The Bertz CT molecular complexity index is 898. The van der Waals surface area contributed by atoms with Crippen molar-refractivity contribution in [3.05, 3.63) is 29.8 Å². The molecule has 2 aliphatic rings. The Morgan fingerprint density at radius 3 is 2.70 bits per heavy atom. The van der Waals surface area contributed by atoms with Crippen molar-refractivity contribution in [3.8, 4) is 0 Å². The van der Waals surface area contributed by atoms with Gasteiger partial charge in [0.25, 0.3) is 0 Å². The normalized spacial score (nSPS) is 24.0. The van der Waals surface area contributed by atoms with Crippen molar-refractivity contribution in [2.45, 2.75) is 38.8 Å². The number of anilines is 1. The van der Waals surface area contributed by atoms with Crippen LogP contribution in [0.1, 0.15) is 24.4 Å². The standard InChI is InChI=1S/C17H20N6/c1-10-7-14-16(15-5-6-19-23(10)15)17(21-11(2)20-14)22-12-3-4-13(22)9-18-8-12/h5-7,12-13,18H,3-4,8-9H2,1-2H3. The van der Waals surface area contributed by atoms with Gasteiger partial charge in [-0.15, -0.1) is 0 Å². The number of hydrogen-bond donors (Lipinski definition) is 1. The summed E-state index contributed by atoms with van der Waals surface area (Å²) in [6.45, 7) is 6.15. The summed E-state index contributed by atoms with van der Waals surface area (Å²) in [4.78, 5) is 12.1. The molecule has 0 saturated carbocycles. The molecule has 2 fully saturated rings. The van der Waals surface area contributed by atoms with Crippen LogP contribution >= 0.6 is 0 Å². The SMILES string of the molecule is Cc1nc(N2C3CCC2CNC3)c2c(cc(C)n3nccc23)n1. The van der Waals surface area contributed by atoms with Gasteiger partial charge in [0.05, 0.1) is 22.6 Å². The van der Waals surface area contributed by atoms with E-state index in [4.69, 9.17) is 9.97 Å². The number of pyridine rings is 1. The van der Waals surface area contributed by atoms with Gasteiger partial charge in [0.2, 0.25) is 0 Å². The minimum Gasteiger partial charge on any atom is -0.347 e. The van der Waals surface area contributed by atoms with Crippen LogP contribution in [-0.2, 0) is 0 Å². The predicted octanol–water partition coefficient (Wildman–Crippen LogP) is 1.83. The molecule has 0 radical (unpaired) electrons. The first-order chi connectivity index (χ1) is 11.2. The highest BCUT2D eigenvalue weighted by atomic mass is 15.3. The van der Waals surface area contributed by atoms with E-state index in [1.54, 1.807) is 0 Å². The average Bonchev–Trinajstić information content (AvgIpc) is 3.09. The van der Waals surface area contributed by atoms with Crippen LogP contribution in [0, 0.1) is 13.8 Å². The maximum absolute atomic E-state index is 4.87. The third-order valence-corrected chi connectivity index (χ3v) is 5.23. The molecule has 0 spiro atoms. The Morgan fingerprint density at radius 1 is 1.13 bits per heavy atom. The van der Waals surface area contributed by atoms with Crippen molar-refractivity contribution in [2.75, 3.05) is 18.0 Å². The van der Waals surface area contributed by atoms with Gasteiger partial charge in [0.15, 0.2) is 0 Å². The Balaban J connectivity index is 1.85. The van der Waals surface area contributed by atoms with Crippen LogP contribution in [0.5, 0.6) is 0 Å². The van der Waals surface area contributed by atoms with Crippen LogP contribution in [-0.4, -0.2) is 44.8 Å². The molecule has 2 saturated heterocycles. The average molecular weight is 308 g/mol. The van der Waals surface area contributed by atoms with Gasteiger partial charge in [0, 0.05) is 30.9 Å². The molecule has 3 aromatic rings. The molecule has 0 aliphatic carbocycles. The van der Waals surface area contributed by atoms with E-state index < -0.39 is 0 Å². The molecular weight excluding hydrogens is 288 g/mol. The number of hydrogen-bond acceptors (Lipinski definition) is 5. The third-order valence-electron chi connectivity index (χ3n) is 5.23. The summed E-state index contributed by atoms with van der Waals surface area (Å²) in [6, 6.07) is 5.27. The van der Waals surface area contributed by atoms with Gasteiger partial charge in [-0.1, -0.05) is 0 Å². The van der Waals surface area contributed by atoms with E-state index >= 15 is 0 Å². The van der Waals surface area contributed by atoms with E-state index in [-0.39, 0.29) is 0 Å². The van der Waals surface area contributed by atoms with E-state index in [0.717, 1.165) is 46.8 Å². The zero-order chi connectivity index (χ0) is 15.6. The monoisotopic (exact) mass is 308 g/mol. The lowest BCUT2D eigenvalue weighted by Gasteiger charge is -2.37. The van der Waals surface area contributed by atoms with Crippen molar-refractivity contribution in [2.24, 2.45) is 0 Å². The van der Waals surface area contributed by atoms with Crippen LogP contribution in [0.3, 0.4) is 0 Å². The zero-order valence-electron chi connectivity index (χ0n) is 13.5. The number of aromatic nitrogens is 4. The van der Waals surface area contributed by atoms with Gasteiger partial charge in [-0.2, -0.15) is 5.10 Å². The molecule has 6 heteroatoms. The molecule has 5 rings (SSSR count). The van der Waals surface area contributed by atoms with Gasteiger partial charge >= 0.3 is 0 Å². The summed E-state index contributed by atoms with van der Waals surface area (Å²) in [5.74, 6) is 1.93. The van der Waals surface area contributed by atoms with Gasteiger partial charge in [-0.25, -0.2) is 14.5 Å². The van der Waals surface area contributed by atoms with Crippen LogP contribution in [0.15, 0.2) is 18.3 Å². The molecule has 5 heterocycles. The highest BCUT2D eigenvalue weighted by Crippen LogP contribution is 2.37. The molecule has 0 amide bonds. The van der Waals surface area contributed by atoms with Crippen molar-refractivity contribution >= 4 is 22.2 Å². The second-order valence-corrected chi connectivity index (χ2v) is 6.72. The molecule has 1 N–H and O–H groups in total. The molecule has 2 aliphatic heterocycles. The highest BCUT2D eigenvalue weighted by molar-refractivity contribution is 6.02. The topological polar surface area (TPSA) is 58.4 Å². The minimum atomic E-state index is 0.538. The molecule has 6 nitrogen and oxygen atoms in total. The summed E-state index contributed by atoms with van der Waals surface area (Å²) in [5, 5.41) is 9.15. The first-order valence-electron chi connectivity index (χ1n) is 8.33. The summed E-state index contributed by atoms with van der Waals surface area (Å²) in [6.07, 6.45) is 4.34. The fraction of sp³-hybridized carbons (Fsp3) is 0.471. The molecular formula is C17H20N6. The fourth-order valence-electron chi connectivity index (χ4n) is 4.27. The molecule has 0 aromatic carbocycles. The van der Waals surface area contributed by atoms with Crippen molar-refractivity contribution in [1.82, 2.24) is 24.9 Å². The van der Waals surface area contributed by atoms with Crippen LogP contribution in [0.2, 0.25) is 0 Å². The van der Waals surface area contributed by atoms with Gasteiger partial charge in [0.1, 0.15) is 11.6 Å². The molecule has 118 valence electrons. The molecule has 2 atom stereocenters. The van der Waals surface area contributed by atoms with Gasteiger partial charge in [-0.3, -0.25) is 0 Å². The number of rotatable bonds is 1. The number of piperazine rings is 1. The van der Waals surface area contributed by atoms with E-state index in [2.05, 4.69) is 34.4 Å². The number of fused-ring (bicyclic) bond motifs is 5. The van der Waals surface area contributed by atoms with Crippen molar-refractivity contribution in [1.29, 1.82) is 0 Å². The number of nitrogens with one attached hydrogen (secondary N) is 1. The second kappa shape index (κ2) is 4.64. The minimum absolute atomic E-state index is 0.538. The fourth-order valence-corrected chi connectivity index (χ4v) is 4.27. The quantitative estimate of drug-likeness (QED) is 0.743. The summed E-state index contributed by atoms with van der Waals surface area (Å²) in [7, 11) is 0. The van der Waals surface area contributed by atoms with E-state index in [1.807, 2.05) is 17.6 Å². The van der Waals surface area contributed by atoms with E-state index in [1.165, 1.54) is 12.8 Å². The highest BCUT2D eigenvalue weighted by Gasteiger charge is 2.38. The van der Waals surface area contributed by atoms with Crippen molar-refractivity contribution < 1.29 is 0 Å². The van der Waals surface area contributed by atoms with Gasteiger partial charge in [-0.05, 0) is 38.8 Å². The predicted molar refractivity (Wildman–Crippen MR) is 89.9 cm³/mol. The lowest BCUT2D eigenvalue weighted by atomic mass is 10.1. The Hall–Kier alpha value is -2.21. The lowest BCUT2D eigenvalue weighted by Crippen LogP contribution is -2.52. The number of aryl methyl sites for hydroxylation is 2. The molecule has 3 aromatic heterocycles. The smallest absolute Gasteiger partial charge is 0.143 e. The van der Waals surface area contributed by atoms with E-state index in [0.29, 0.717) is 12.1 Å².